The predicted molar refractivity (Wildman–Crippen MR) is 94.8 cm³/mol. The first-order valence-corrected chi connectivity index (χ1v) is 8.84. The van der Waals surface area contributed by atoms with Crippen LogP contribution in [0, 0.1) is 0 Å². The Kier molecular flexibility index (Phi) is 6.77. The standard InChI is InChI=1S/C18H24N2O2S/c1-3-14-5-4-6-15(9-14)10-19-11-17(21)13(2)20-18(22)16-7-8-23-12-16/h4-9,12-13,17,19,21H,3,10-11H2,1-2H3,(H,20,22). The van der Waals surface area contributed by atoms with Crippen molar-refractivity contribution in [3.63, 3.8) is 0 Å². The number of nitrogens with one attached hydrogen (secondary N) is 2. The van der Waals surface area contributed by atoms with E-state index in [2.05, 4.69) is 41.8 Å². The third-order valence-electron chi connectivity index (χ3n) is 3.80. The Morgan fingerprint density at radius 3 is 2.78 bits per heavy atom. The highest BCUT2D eigenvalue weighted by molar-refractivity contribution is 7.08. The number of benzene rings is 1. The predicted octanol–water partition coefficient (Wildman–Crippen LogP) is 2.58. The number of hydrogen-bond acceptors (Lipinski definition) is 4. The molecule has 0 radical (unpaired) electrons. The molecule has 1 aromatic heterocycles. The van der Waals surface area contributed by atoms with Crippen molar-refractivity contribution in [3.05, 3.63) is 57.8 Å². The first-order valence-electron chi connectivity index (χ1n) is 7.89. The normalized spacial score (nSPS) is 13.5. The molecule has 1 aromatic carbocycles. The van der Waals surface area contributed by atoms with Crippen LogP contribution in [-0.4, -0.2) is 29.7 Å². The molecule has 4 nitrogen and oxygen atoms in total. The Balaban J connectivity index is 1.75. The maximum atomic E-state index is 12.0. The van der Waals surface area contributed by atoms with Crippen molar-refractivity contribution in [2.45, 2.75) is 39.0 Å². The fraction of sp³-hybridized carbons (Fsp3) is 0.389. The van der Waals surface area contributed by atoms with E-state index in [4.69, 9.17) is 0 Å². The number of carbonyl (C=O) groups is 1. The zero-order chi connectivity index (χ0) is 16.7. The molecule has 23 heavy (non-hydrogen) atoms. The molecular formula is C18H24N2O2S. The van der Waals surface area contributed by atoms with Gasteiger partial charge in [0.2, 0.25) is 0 Å². The second-order valence-electron chi connectivity index (χ2n) is 5.65. The summed E-state index contributed by atoms with van der Waals surface area (Å²) in [6, 6.07) is 9.87. The molecule has 5 heteroatoms. The van der Waals surface area contributed by atoms with Crippen molar-refractivity contribution in [3.8, 4) is 0 Å². The third kappa shape index (κ3) is 5.46. The summed E-state index contributed by atoms with van der Waals surface area (Å²) in [6.45, 7) is 5.08. The minimum atomic E-state index is -0.632. The number of aliphatic hydroxyl groups excluding tert-OH is 1. The molecule has 0 saturated heterocycles. The quantitative estimate of drug-likeness (QED) is 0.696. The monoisotopic (exact) mass is 332 g/mol. The van der Waals surface area contributed by atoms with Gasteiger partial charge in [-0.3, -0.25) is 4.79 Å². The lowest BCUT2D eigenvalue weighted by Gasteiger charge is -2.20. The van der Waals surface area contributed by atoms with Gasteiger partial charge in [-0.2, -0.15) is 11.3 Å². The summed E-state index contributed by atoms with van der Waals surface area (Å²) < 4.78 is 0. The van der Waals surface area contributed by atoms with E-state index in [1.54, 1.807) is 11.4 Å². The van der Waals surface area contributed by atoms with E-state index in [0.29, 0.717) is 18.7 Å². The van der Waals surface area contributed by atoms with Gasteiger partial charge >= 0.3 is 0 Å². The molecule has 2 rings (SSSR count). The molecule has 0 fully saturated rings. The van der Waals surface area contributed by atoms with Gasteiger partial charge in [0.05, 0.1) is 12.1 Å². The topological polar surface area (TPSA) is 61.4 Å². The van der Waals surface area contributed by atoms with E-state index in [1.165, 1.54) is 22.5 Å². The van der Waals surface area contributed by atoms with Crippen LogP contribution >= 0.6 is 11.3 Å². The van der Waals surface area contributed by atoms with E-state index in [-0.39, 0.29) is 11.9 Å². The van der Waals surface area contributed by atoms with Crippen LogP contribution in [0.5, 0.6) is 0 Å². The van der Waals surface area contributed by atoms with E-state index in [9.17, 15) is 9.90 Å². The van der Waals surface area contributed by atoms with Gasteiger partial charge < -0.3 is 15.7 Å². The molecule has 0 saturated carbocycles. The van der Waals surface area contributed by atoms with Gasteiger partial charge in [0, 0.05) is 24.0 Å². The maximum absolute atomic E-state index is 12.0. The summed E-state index contributed by atoms with van der Waals surface area (Å²) in [5.41, 5.74) is 3.14. The molecule has 0 aliphatic carbocycles. The molecule has 3 N–H and O–H groups in total. The summed E-state index contributed by atoms with van der Waals surface area (Å²) in [5.74, 6) is -0.145. The number of thiophene rings is 1. The van der Waals surface area contributed by atoms with Crippen LogP contribution < -0.4 is 10.6 Å². The number of aliphatic hydroxyl groups is 1. The van der Waals surface area contributed by atoms with Crippen LogP contribution in [0.3, 0.4) is 0 Å². The number of amides is 1. The first kappa shape index (κ1) is 17.7. The number of rotatable bonds is 8. The molecule has 0 aliphatic rings. The number of carbonyl (C=O) groups excluding carboxylic acids is 1. The SMILES string of the molecule is CCc1cccc(CNCC(O)C(C)NC(=O)c2ccsc2)c1. The van der Waals surface area contributed by atoms with E-state index >= 15 is 0 Å². The Bertz CT molecular complexity index is 613. The number of hydrogen-bond donors (Lipinski definition) is 3. The zero-order valence-corrected chi connectivity index (χ0v) is 14.4. The van der Waals surface area contributed by atoms with E-state index < -0.39 is 6.10 Å². The van der Waals surface area contributed by atoms with Crippen molar-refractivity contribution in [1.29, 1.82) is 0 Å². The highest BCUT2D eigenvalue weighted by Crippen LogP contribution is 2.07. The average Bonchev–Trinajstić information content (AvgIpc) is 3.09. The third-order valence-corrected chi connectivity index (χ3v) is 4.48. The van der Waals surface area contributed by atoms with Gasteiger partial charge in [0.1, 0.15) is 0 Å². The van der Waals surface area contributed by atoms with Gasteiger partial charge in [0.25, 0.3) is 5.91 Å². The smallest absolute Gasteiger partial charge is 0.252 e. The minimum Gasteiger partial charge on any atom is -0.390 e. The second-order valence-corrected chi connectivity index (χ2v) is 6.43. The Morgan fingerprint density at radius 2 is 2.09 bits per heavy atom. The van der Waals surface area contributed by atoms with Crippen LogP contribution in [0.2, 0.25) is 0 Å². The lowest BCUT2D eigenvalue weighted by Crippen LogP contribution is -2.45. The van der Waals surface area contributed by atoms with E-state index in [1.807, 2.05) is 12.3 Å². The summed E-state index contributed by atoms with van der Waals surface area (Å²) in [7, 11) is 0. The highest BCUT2D eigenvalue weighted by atomic mass is 32.1. The van der Waals surface area contributed by atoms with Crippen molar-refractivity contribution in [1.82, 2.24) is 10.6 Å². The second kappa shape index (κ2) is 8.82. The van der Waals surface area contributed by atoms with E-state index in [0.717, 1.165) is 6.42 Å². The number of aryl methyl sites for hydroxylation is 1. The minimum absolute atomic E-state index is 0.145. The molecule has 124 valence electrons. The van der Waals surface area contributed by atoms with Crippen molar-refractivity contribution in [2.24, 2.45) is 0 Å². The Hall–Kier alpha value is -1.69. The molecule has 0 aliphatic heterocycles. The van der Waals surface area contributed by atoms with Gasteiger partial charge in [0.15, 0.2) is 0 Å². The molecular weight excluding hydrogens is 308 g/mol. The summed E-state index contributed by atoms with van der Waals surface area (Å²) in [4.78, 5) is 12.0. The fourth-order valence-electron chi connectivity index (χ4n) is 2.28. The van der Waals surface area contributed by atoms with Crippen LogP contribution in [-0.2, 0) is 13.0 Å². The van der Waals surface area contributed by atoms with Crippen molar-refractivity contribution in [2.75, 3.05) is 6.54 Å². The summed E-state index contributed by atoms with van der Waals surface area (Å²) in [6.07, 6.45) is 0.384. The fourth-order valence-corrected chi connectivity index (χ4v) is 2.92. The lowest BCUT2D eigenvalue weighted by molar-refractivity contribution is 0.0850. The van der Waals surface area contributed by atoms with Crippen LogP contribution in [0.25, 0.3) is 0 Å². The van der Waals surface area contributed by atoms with Crippen LogP contribution in [0.15, 0.2) is 41.1 Å². The summed E-state index contributed by atoms with van der Waals surface area (Å²) in [5, 5.41) is 19.9. The first-order chi connectivity index (χ1) is 11.1. The van der Waals surface area contributed by atoms with Gasteiger partial charge in [-0.25, -0.2) is 0 Å². The largest absolute Gasteiger partial charge is 0.390 e. The Morgan fingerprint density at radius 1 is 1.30 bits per heavy atom. The average molecular weight is 332 g/mol. The van der Waals surface area contributed by atoms with Gasteiger partial charge in [-0.05, 0) is 35.9 Å². The molecule has 2 unspecified atom stereocenters. The van der Waals surface area contributed by atoms with Crippen molar-refractivity contribution >= 4 is 17.2 Å². The van der Waals surface area contributed by atoms with Gasteiger partial charge in [-0.1, -0.05) is 31.2 Å². The molecule has 2 atom stereocenters. The lowest BCUT2D eigenvalue weighted by atomic mass is 10.1. The maximum Gasteiger partial charge on any atom is 0.252 e. The van der Waals surface area contributed by atoms with Crippen LogP contribution in [0.1, 0.15) is 35.3 Å². The zero-order valence-electron chi connectivity index (χ0n) is 13.6. The molecule has 1 heterocycles. The van der Waals surface area contributed by atoms with Gasteiger partial charge in [-0.15, -0.1) is 0 Å². The molecule has 2 aromatic rings. The van der Waals surface area contributed by atoms with Crippen molar-refractivity contribution < 1.29 is 9.90 Å². The molecule has 1 amide bonds. The highest BCUT2D eigenvalue weighted by Gasteiger charge is 2.17. The molecule has 0 spiro atoms. The summed E-state index contributed by atoms with van der Waals surface area (Å²) >= 11 is 1.48. The molecule has 0 bridgehead atoms. The Labute approximate surface area is 141 Å². The van der Waals surface area contributed by atoms with Crippen LogP contribution in [0.4, 0.5) is 0 Å².